The average molecular weight is 277 g/mol. The number of hydrogen-bond acceptors (Lipinski definition) is 4. The maximum absolute atomic E-state index is 13.4. The standard InChI is InChI=1S/C14H12FNO4/c15-11-6-2-1-5-10(11)13(17)9-20-14-8-4-3-7-12(14)16(18)19/h1-8,13,17H,9H2. The van der Waals surface area contributed by atoms with Crippen molar-refractivity contribution in [3.8, 4) is 5.75 Å². The molecular weight excluding hydrogens is 265 g/mol. The van der Waals surface area contributed by atoms with Crippen molar-refractivity contribution < 1.29 is 19.2 Å². The highest BCUT2D eigenvalue weighted by molar-refractivity contribution is 5.45. The van der Waals surface area contributed by atoms with Gasteiger partial charge in [-0.2, -0.15) is 0 Å². The van der Waals surface area contributed by atoms with Gasteiger partial charge in [0, 0.05) is 11.6 Å². The van der Waals surface area contributed by atoms with Crippen LogP contribution in [0.2, 0.25) is 0 Å². The van der Waals surface area contributed by atoms with Crippen molar-refractivity contribution in [2.45, 2.75) is 6.10 Å². The topological polar surface area (TPSA) is 72.6 Å². The van der Waals surface area contributed by atoms with Gasteiger partial charge in [0.1, 0.15) is 18.5 Å². The highest BCUT2D eigenvalue weighted by Gasteiger charge is 2.17. The van der Waals surface area contributed by atoms with Gasteiger partial charge >= 0.3 is 5.69 Å². The van der Waals surface area contributed by atoms with Crippen LogP contribution in [-0.2, 0) is 0 Å². The van der Waals surface area contributed by atoms with E-state index in [0.717, 1.165) is 0 Å². The van der Waals surface area contributed by atoms with Crippen LogP contribution in [0.25, 0.3) is 0 Å². The summed E-state index contributed by atoms with van der Waals surface area (Å²) in [4.78, 5) is 10.2. The Bertz CT molecular complexity index is 618. The summed E-state index contributed by atoms with van der Waals surface area (Å²) in [5, 5.41) is 20.7. The van der Waals surface area contributed by atoms with E-state index in [0.29, 0.717) is 0 Å². The number of nitro groups is 1. The molecule has 1 unspecified atom stereocenters. The molecule has 2 aromatic rings. The van der Waals surface area contributed by atoms with Crippen LogP contribution in [0.15, 0.2) is 48.5 Å². The zero-order chi connectivity index (χ0) is 14.5. The average Bonchev–Trinajstić information content (AvgIpc) is 2.45. The van der Waals surface area contributed by atoms with Gasteiger partial charge in [-0.1, -0.05) is 30.3 Å². The third-order valence-electron chi connectivity index (χ3n) is 2.72. The van der Waals surface area contributed by atoms with Crippen LogP contribution >= 0.6 is 0 Å². The highest BCUT2D eigenvalue weighted by Crippen LogP contribution is 2.27. The minimum atomic E-state index is -1.20. The Balaban J connectivity index is 2.10. The Labute approximate surface area is 114 Å². The fraction of sp³-hybridized carbons (Fsp3) is 0.143. The lowest BCUT2D eigenvalue weighted by molar-refractivity contribution is -0.385. The van der Waals surface area contributed by atoms with Gasteiger partial charge in [0.25, 0.3) is 0 Å². The number of halogens is 1. The van der Waals surface area contributed by atoms with Crippen molar-refractivity contribution in [3.63, 3.8) is 0 Å². The number of aliphatic hydroxyl groups excluding tert-OH is 1. The Morgan fingerprint density at radius 3 is 2.55 bits per heavy atom. The fourth-order valence-electron chi connectivity index (χ4n) is 1.73. The van der Waals surface area contributed by atoms with Crippen molar-refractivity contribution in [1.29, 1.82) is 0 Å². The van der Waals surface area contributed by atoms with E-state index >= 15 is 0 Å². The summed E-state index contributed by atoms with van der Waals surface area (Å²) in [5.41, 5.74) is -0.112. The predicted molar refractivity (Wildman–Crippen MR) is 70.0 cm³/mol. The largest absolute Gasteiger partial charge is 0.484 e. The molecule has 1 atom stereocenters. The molecule has 2 aromatic carbocycles. The van der Waals surface area contributed by atoms with E-state index in [1.165, 1.54) is 36.4 Å². The predicted octanol–water partition coefficient (Wildman–Crippen LogP) is 2.85. The lowest BCUT2D eigenvalue weighted by atomic mass is 10.1. The first-order valence-electron chi connectivity index (χ1n) is 5.88. The van der Waals surface area contributed by atoms with E-state index < -0.39 is 16.8 Å². The molecule has 2 rings (SSSR count). The quantitative estimate of drug-likeness (QED) is 0.673. The fourth-order valence-corrected chi connectivity index (χ4v) is 1.73. The van der Waals surface area contributed by atoms with Crippen LogP contribution < -0.4 is 4.74 Å². The first-order valence-corrected chi connectivity index (χ1v) is 5.88. The van der Waals surface area contributed by atoms with Crippen molar-refractivity contribution in [2.24, 2.45) is 0 Å². The minimum absolute atomic E-state index is 0.0351. The summed E-state index contributed by atoms with van der Waals surface area (Å²) in [6.45, 7) is -0.272. The molecule has 0 fully saturated rings. The number of nitro benzene ring substituents is 1. The summed E-state index contributed by atoms with van der Waals surface area (Å²) < 4.78 is 18.7. The van der Waals surface area contributed by atoms with E-state index in [1.54, 1.807) is 12.1 Å². The van der Waals surface area contributed by atoms with Crippen molar-refractivity contribution in [3.05, 3.63) is 70.0 Å². The number of benzene rings is 2. The second-order valence-electron chi connectivity index (χ2n) is 4.07. The third kappa shape index (κ3) is 3.10. The van der Waals surface area contributed by atoms with Gasteiger partial charge in [-0.15, -0.1) is 0 Å². The molecule has 0 radical (unpaired) electrons. The lowest BCUT2D eigenvalue weighted by Crippen LogP contribution is -2.11. The first-order chi connectivity index (χ1) is 9.59. The summed E-state index contributed by atoms with van der Waals surface area (Å²) in [6.07, 6.45) is -1.20. The molecule has 104 valence electrons. The zero-order valence-corrected chi connectivity index (χ0v) is 10.4. The molecule has 20 heavy (non-hydrogen) atoms. The van der Waals surface area contributed by atoms with Crippen LogP contribution in [0, 0.1) is 15.9 Å². The Morgan fingerprint density at radius 2 is 1.85 bits per heavy atom. The van der Waals surface area contributed by atoms with Crippen molar-refractivity contribution in [2.75, 3.05) is 6.61 Å². The molecule has 0 bridgehead atoms. The van der Waals surface area contributed by atoms with E-state index in [4.69, 9.17) is 4.74 Å². The Kier molecular flexibility index (Phi) is 4.27. The number of aliphatic hydroxyl groups is 1. The Morgan fingerprint density at radius 1 is 1.20 bits per heavy atom. The van der Waals surface area contributed by atoms with Crippen LogP contribution in [-0.4, -0.2) is 16.6 Å². The molecule has 0 aliphatic rings. The van der Waals surface area contributed by atoms with Crippen molar-refractivity contribution >= 4 is 5.69 Å². The van der Waals surface area contributed by atoms with E-state index in [1.807, 2.05) is 0 Å². The van der Waals surface area contributed by atoms with Gasteiger partial charge in [-0.05, 0) is 12.1 Å². The molecule has 0 saturated carbocycles. The Hall–Kier alpha value is -2.47. The molecule has 0 heterocycles. The number of rotatable bonds is 5. The second-order valence-corrected chi connectivity index (χ2v) is 4.07. The van der Waals surface area contributed by atoms with Gasteiger partial charge in [0.15, 0.2) is 5.75 Å². The molecule has 0 aliphatic heterocycles. The van der Waals surface area contributed by atoms with Crippen LogP contribution in [0.5, 0.6) is 5.75 Å². The smallest absolute Gasteiger partial charge is 0.310 e. The number of hydrogen-bond donors (Lipinski definition) is 1. The summed E-state index contributed by atoms with van der Waals surface area (Å²) in [6, 6.07) is 11.6. The third-order valence-corrected chi connectivity index (χ3v) is 2.72. The molecule has 0 spiro atoms. The minimum Gasteiger partial charge on any atom is -0.484 e. The number of nitrogens with zero attached hydrogens (tertiary/aromatic N) is 1. The number of para-hydroxylation sites is 2. The molecule has 5 nitrogen and oxygen atoms in total. The summed E-state index contributed by atoms with van der Waals surface area (Å²) >= 11 is 0. The zero-order valence-electron chi connectivity index (χ0n) is 10.4. The normalized spacial score (nSPS) is 11.9. The highest BCUT2D eigenvalue weighted by atomic mass is 19.1. The van der Waals surface area contributed by atoms with Gasteiger partial charge in [0.2, 0.25) is 0 Å². The second kappa shape index (κ2) is 6.12. The lowest BCUT2D eigenvalue weighted by Gasteiger charge is -2.13. The van der Waals surface area contributed by atoms with Gasteiger partial charge < -0.3 is 9.84 Å². The van der Waals surface area contributed by atoms with E-state index in [-0.39, 0.29) is 23.6 Å². The van der Waals surface area contributed by atoms with E-state index in [9.17, 15) is 19.6 Å². The van der Waals surface area contributed by atoms with Crippen LogP contribution in [0.4, 0.5) is 10.1 Å². The molecule has 0 aromatic heterocycles. The van der Waals surface area contributed by atoms with E-state index in [2.05, 4.69) is 0 Å². The maximum Gasteiger partial charge on any atom is 0.310 e. The summed E-state index contributed by atoms with van der Waals surface area (Å²) in [5.74, 6) is -0.515. The summed E-state index contributed by atoms with van der Waals surface area (Å²) in [7, 11) is 0. The SMILES string of the molecule is O=[N+]([O-])c1ccccc1OCC(O)c1ccccc1F. The number of ether oxygens (including phenoxy) is 1. The van der Waals surface area contributed by atoms with Gasteiger partial charge in [-0.3, -0.25) is 10.1 Å². The molecule has 6 heteroatoms. The van der Waals surface area contributed by atoms with Crippen LogP contribution in [0.3, 0.4) is 0 Å². The molecule has 1 N–H and O–H groups in total. The molecule has 0 aliphatic carbocycles. The van der Waals surface area contributed by atoms with Crippen LogP contribution in [0.1, 0.15) is 11.7 Å². The van der Waals surface area contributed by atoms with Gasteiger partial charge in [0.05, 0.1) is 4.92 Å². The maximum atomic E-state index is 13.4. The molecule has 0 amide bonds. The monoisotopic (exact) mass is 277 g/mol. The molecule has 0 saturated heterocycles. The molecular formula is C14H12FNO4. The first kappa shape index (κ1) is 14.0. The van der Waals surface area contributed by atoms with Gasteiger partial charge in [-0.25, -0.2) is 4.39 Å². The van der Waals surface area contributed by atoms with Crippen molar-refractivity contribution in [1.82, 2.24) is 0 Å².